The Hall–Kier alpha value is -2.18. The van der Waals surface area contributed by atoms with E-state index in [-0.39, 0.29) is 19.1 Å². The Balaban J connectivity index is 1.91. The van der Waals surface area contributed by atoms with E-state index in [0.29, 0.717) is 25.1 Å². The van der Waals surface area contributed by atoms with E-state index in [1.165, 1.54) is 0 Å². The van der Waals surface area contributed by atoms with Crippen LogP contribution in [0.4, 0.5) is 4.79 Å². The number of nitrogens with one attached hydrogen (secondary N) is 1. The van der Waals surface area contributed by atoms with Gasteiger partial charge in [-0.1, -0.05) is 0 Å². The molecule has 2 heterocycles. The molecule has 7 nitrogen and oxygen atoms in total. The molecule has 1 unspecified atom stereocenters. The number of aromatic nitrogens is 2. The molecule has 7 heteroatoms. The summed E-state index contributed by atoms with van der Waals surface area (Å²) in [6.45, 7) is 4.62. The minimum atomic E-state index is -0.862. The summed E-state index contributed by atoms with van der Waals surface area (Å²) in [6, 6.07) is -0.260. The summed E-state index contributed by atoms with van der Waals surface area (Å²) in [6.07, 6.45) is 4.55. The molecule has 1 atom stereocenters. The van der Waals surface area contributed by atoms with Crippen LogP contribution in [-0.4, -0.2) is 45.1 Å². The highest BCUT2D eigenvalue weighted by atomic mass is 16.4. The van der Waals surface area contributed by atoms with Crippen LogP contribution in [0.2, 0.25) is 0 Å². The van der Waals surface area contributed by atoms with Gasteiger partial charge in [-0.25, -0.2) is 4.79 Å². The zero-order chi connectivity index (χ0) is 15.5. The number of aryl methyl sites for hydroxylation is 1. The number of hydrogen-bond donors (Lipinski definition) is 2. The van der Waals surface area contributed by atoms with Gasteiger partial charge in [0.15, 0.2) is 0 Å². The van der Waals surface area contributed by atoms with Crippen LogP contribution in [0.3, 0.4) is 0 Å². The molecule has 0 bridgehead atoms. The molecule has 1 aliphatic rings. The van der Waals surface area contributed by atoms with Gasteiger partial charge in [0.1, 0.15) is 0 Å². The van der Waals surface area contributed by atoms with Gasteiger partial charge in [-0.2, -0.15) is 0 Å². The molecule has 0 saturated carbocycles. The largest absolute Gasteiger partial charge is 0.481 e. The first-order valence-corrected chi connectivity index (χ1v) is 6.94. The average molecular weight is 292 g/mol. The summed E-state index contributed by atoms with van der Waals surface area (Å²) in [7, 11) is 0. The number of carbonyl (C=O) groups is 2. The maximum atomic E-state index is 12.1. The number of carbonyl (C=O) groups excluding carboxylic acids is 1. The van der Waals surface area contributed by atoms with Crippen LogP contribution >= 0.6 is 0 Å². The molecular weight excluding hydrogens is 272 g/mol. The van der Waals surface area contributed by atoms with Crippen molar-refractivity contribution in [3.8, 4) is 0 Å². The minimum Gasteiger partial charge on any atom is -0.481 e. The van der Waals surface area contributed by atoms with Gasteiger partial charge < -0.3 is 15.3 Å². The van der Waals surface area contributed by atoms with Crippen LogP contribution in [0.5, 0.6) is 0 Å². The standard InChI is InChI=1S/C14H20N4O3/c1-10-6-16-11(7-15-10)8-17-13(21)18-5-3-4-14(2,9-18)12(19)20/h6-7H,3-5,8-9H2,1-2H3,(H,17,21)(H,19,20). The van der Waals surface area contributed by atoms with E-state index in [9.17, 15) is 14.7 Å². The number of carboxylic acids is 1. The van der Waals surface area contributed by atoms with E-state index >= 15 is 0 Å². The zero-order valence-corrected chi connectivity index (χ0v) is 12.3. The predicted octanol–water partition coefficient (Wildman–Crippen LogP) is 1.18. The lowest BCUT2D eigenvalue weighted by Crippen LogP contribution is -2.51. The molecule has 0 aromatic carbocycles. The Morgan fingerprint density at radius 3 is 2.81 bits per heavy atom. The van der Waals surface area contributed by atoms with Gasteiger partial charge in [0, 0.05) is 19.3 Å². The third kappa shape index (κ3) is 3.68. The van der Waals surface area contributed by atoms with Crippen molar-refractivity contribution >= 4 is 12.0 Å². The van der Waals surface area contributed by atoms with E-state index in [0.717, 1.165) is 5.69 Å². The molecule has 1 saturated heterocycles. The lowest BCUT2D eigenvalue weighted by molar-refractivity contribution is -0.150. The fraction of sp³-hybridized carbons (Fsp3) is 0.571. The summed E-state index contributed by atoms with van der Waals surface area (Å²) < 4.78 is 0. The van der Waals surface area contributed by atoms with Crippen LogP contribution in [0.1, 0.15) is 31.2 Å². The van der Waals surface area contributed by atoms with E-state index in [2.05, 4.69) is 15.3 Å². The maximum Gasteiger partial charge on any atom is 0.317 e. The number of aliphatic carboxylic acids is 1. The first-order chi connectivity index (χ1) is 9.90. The van der Waals surface area contributed by atoms with Crippen LogP contribution in [-0.2, 0) is 11.3 Å². The van der Waals surface area contributed by atoms with Crippen molar-refractivity contribution in [3.63, 3.8) is 0 Å². The lowest BCUT2D eigenvalue weighted by Gasteiger charge is -2.37. The number of likely N-dealkylation sites (tertiary alicyclic amines) is 1. The highest BCUT2D eigenvalue weighted by Crippen LogP contribution is 2.29. The Morgan fingerprint density at radius 2 is 2.19 bits per heavy atom. The Bertz CT molecular complexity index is 532. The van der Waals surface area contributed by atoms with Gasteiger partial charge in [-0.3, -0.25) is 14.8 Å². The molecule has 0 aliphatic carbocycles. The summed E-state index contributed by atoms with van der Waals surface area (Å²) >= 11 is 0. The van der Waals surface area contributed by atoms with Gasteiger partial charge in [0.2, 0.25) is 0 Å². The number of amides is 2. The Kier molecular flexibility index (Phi) is 4.40. The third-order valence-corrected chi connectivity index (χ3v) is 3.76. The molecule has 1 aromatic rings. The molecular formula is C14H20N4O3. The van der Waals surface area contributed by atoms with Gasteiger partial charge in [0.25, 0.3) is 0 Å². The fourth-order valence-corrected chi connectivity index (χ4v) is 2.38. The molecule has 1 aromatic heterocycles. The number of carboxylic acid groups (broad SMARTS) is 1. The number of piperidine rings is 1. The normalized spacial score (nSPS) is 21.9. The van der Waals surface area contributed by atoms with E-state index in [1.807, 2.05) is 6.92 Å². The summed E-state index contributed by atoms with van der Waals surface area (Å²) in [5.74, 6) is -0.857. The number of urea groups is 1. The van der Waals surface area contributed by atoms with Crippen molar-refractivity contribution in [1.82, 2.24) is 20.2 Å². The van der Waals surface area contributed by atoms with E-state index in [1.54, 1.807) is 24.2 Å². The van der Waals surface area contributed by atoms with Crippen molar-refractivity contribution in [1.29, 1.82) is 0 Å². The molecule has 2 N–H and O–H groups in total. The highest BCUT2D eigenvalue weighted by molar-refractivity contribution is 5.78. The second-order valence-electron chi connectivity index (χ2n) is 5.70. The van der Waals surface area contributed by atoms with Gasteiger partial charge >= 0.3 is 12.0 Å². The van der Waals surface area contributed by atoms with Gasteiger partial charge in [-0.05, 0) is 26.7 Å². The maximum absolute atomic E-state index is 12.1. The van der Waals surface area contributed by atoms with Crippen LogP contribution in [0.25, 0.3) is 0 Å². The molecule has 2 rings (SSSR count). The molecule has 21 heavy (non-hydrogen) atoms. The first-order valence-electron chi connectivity index (χ1n) is 6.94. The van der Waals surface area contributed by atoms with Crippen LogP contribution in [0.15, 0.2) is 12.4 Å². The van der Waals surface area contributed by atoms with E-state index in [4.69, 9.17) is 0 Å². The lowest BCUT2D eigenvalue weighted by atomic mass is 9.82. The average Bonchev–Trinajstić information content (AvgIpc) is 2.46. The highest BCUT2D eigenvalue weighted by Gasteiger charge is 2.39. The SMILES string of the molecule is Cc1cnc(CNC(=O)N2CCCC(C)(C(=O)O)C2)cn1. The van der Waals surface area contributed by atoms with Crippen LogP contribution in [0, 0.1) is 12.3 Å². The fourth-order valence-electron chi connectivity index (χ4n) is 2.38. The monoisotopic (exact) mass is 292 g/mol. The predicted molar refractivity (Wildman–Crippen MR) is 75.6 cm³/mol. The van der Waals surface area contributed by atoms with Crippen LogP contribution < -0.4 is 5.32 Å². The molecule has 1 fully saturated rings. The Morgan fingerprint density at radius 1 is 1.43 bits per heavy atom. The zero-order valence-electron chi connectivity index (χ0n) is 12.3. The summed E-state index contributed by atoms with van der Waals surface area (Å²) in [4.78, 5) is 33.2. The molecule has 114 valence electrons. The van der Waals surface area contributed by atoms with Crippen molar-refractivity contribution in [2.45, 2.75) is 33.2 Å². The summed E-state index contributed by atoms with van der Waals surface area (Å²) in [5, 5.41) is 12.0. The Labute approximate surface area is 123 Å². The molecule has 1 aliphatic heterocycles. The quantitative estimate of drug-likeness (QED) is 0.872. The topological polar surface area (TPSA) is 95.4 Å². The van der Waals surface area contributed by atoms with E-state index < -0.39 is 11.4 Å². The minimum absolute atomic E-state index is 0.230. The van der Waals surface area contributed by atoms with Crippen molar-refractivity contribution in [3.05, 3.63) is 23.8 Å². The second-order valence-corrected chi connectivity index (χ2v) is 5.70. The first kappa shape index (κ1) is 15.2. The molecule has 2 amide bonds. The third-order valence-electron chi connectivity index (χ3n) is 3.76. The smallest absolute Gasteiger partial charge is 0.317 e. The summed E-state index contributed by atoms with van der Waals surface area (Å²) in [5.41, 5.74) is 0.629. The molecule has 0 radical (unpaired) electrons. The number of rotatable bonds is 3. The van der Waals surface area contributed by atoms with Gasteiger partial charge in [0.05, 0.1) is 29.5 Å². The van der Waals surface area contributed by atoms with Gasteiger partial charge in [-0.15, -0.1) is 0 Å². The second kappa shape index (κ2) is 6.07. The van der Waals surface area contributed by atoms with Crippen molar-refractivity contribution < 1.29 is 14.7 Å². The number of hydrogen-bond acceptors (Lipinski definition) is 4. The van der Waals surface area contributed by atoms with Crippen molar-refractivity contribution in [2.24, 2.45) is 5.41 Å². The number of nitrogens with zero attached hydrogens (tertiary/aromatic N) is 3. The molecule has 0 spiro atoms. The van der Waals surface area contributed by atoms with Crippen molar-refractivity contribution in [2.75, 3.05) is 13.1 Å².